The maximum atomic E-state index is 12.7. The van der Waals surface area contributed by atoms with E-state index in [1.54, 1.807) is 47.1 Å². The molecule has 2 fully saturated rings. The summed E-state index contributed by atoms with van der Waals surface area (Å²) in [6, 6.07) is 5.08. The van der Waals surface area contributed by atoms with E-state index in [4.69, 9.17) is 0 Å². The normalized spacial score (nSPS) is 26.6. The number of likely N-dealkylation sites (tertiary alicyclic amines) is 1. The molecule has 3 atom stereocenters. The number of fused-ring (bicyclic) bond motifs is 1. The fraction of sp³-hybridized carbons (Fsp3) is 0.522. The van der Waals surface area contributed by atoms with Gasteiger partial charge in [-0.05, 0) is 37.5 Å². The number of nitrogens with zero attached hydrogens (tertiary/aromatic N) is 2. The molecule has 8 nitrogen and oxygen atoms in total. The molecule has 1 aromatic carbocycles. The Morgan fingerprint density at radius 2 is 2.13 bits per heavy atom. The minimum atomic E-state index is -1.78. The highest BCUT2D eigenvalue weighted by molar-refractivity contribution is 6.06. The lowest BCUT2D eigenvalue weighted by Crippen LogP contribution is -2.40. The van der Waals surface area contributed by atoms with Gasteiger partial charge in [0.25, 0.3) is 5.91 Å². The highest BCUT2D eigenvalue weighted by Crippen LogP contribution is 2.43. The van der Waals surface area contributed by atoms with E-state index < -0.39 is 17.4 Å². The van der Waals surface area contributed by atoms with Gasteiger partial charge in [-0.2, -0.15) is 0 Å². The van der Waals surface area contributed by atoms with Crippen molar-refractivity contribution in [2.24, 2.45) is 5.92 Å². The number of hydrogen-bond acceptors (Lipinski definition) is 5. The Labute approximate surface area is 181 Å². The number of rotatable bonds is 6. The monoisotopic (exact) mass is 427 g/mol. The first-order chi connectivity index (χ1) is 14.9. The molecule has 166 valence electrons. The van der Waals surface area contributed by atoms with Gasteiger partial charge < -0.3 is 25.3 Å². The van der Waals surface area contributed by atoms with Crippen LogP contribution in [0.3, 0.4) is 0 Å². The third-order valence-corrected chi connectivity index (χ3v) is 6.68. The number of anilines is 2. The lowest BCUT2D eigenvalue weighted by atomic mass is 9.82. The Kier molecular flexibility index (Phi) is 5.85. The Balaban J connectivity index is 1.51. The number of carbonyl (C=O) groups excluding carboxylic acids is 3. The van der Waals surface area contributed by atoms with Crippen LogP contribution in [0, 0.1) is 5.92 Å². The van der Waals surface area contributed by atoms with E-state index in [1.807, 2.05) is 0 Å². The summed E-state index contributed by atoms with van der Waals surface area (Å²) < 4.78 is 0. The number of amides is 3. The van der Waals surface area contributed by atoms with Gasteiger partial charge in [-0.25, -0.2) is 0 Å². The van der Waals surface area contributed by atoms with E-state index in [-0.39, 0.29) is 30.9 Å². The minimum absolute atomic E-state index is 0.0373. The van der Waals surface area contributed by atoms with Gasteiger partial charge in [-0.1, -0.05) is 19.1 Å². The molecule has 31 heavy (non-hydrogen) atoms. The Hall–Kier alpha value is -2.71. The molecule has 0 bridgehead atoms. The molecule has 3 heterocycles. The fourth-order valence-corrected chi connectivity index (χ4v) is 4.82. The molecular weight excluding hydrogens is 398 g/mol. The predicted octanol–water partition coefficient (Wildman–Crippen LogP) is 1.52. The van der Waals surface area contributed by atoms with Crippen LogP contribution in [0.15, 0.2) is 30.4 Å². The molecule has 3 aliphatic rings. The quantitative estimate of drug-likeness (QED) is 0.596. The van der Waals surface area contributed by atoms with Gasteiger partial charge in [0.05, 0.1) is 12.6 Å². The molecule has 0 saturated carbocycles. The van der Waals surface area contributed by atoms with E-state index in [9.17, 15) is 24.6 Å². The van der Waals surface area contributed by atoms with Crippen LogP contribution in [0.2, 0.25) is 0 Å². The van der Waals surface area contributed by atoms with Crippen molar-refractivity contribution in [3.8, 4) is 0 Å². The summed E-state index contributed by atoms with van der Waals surface area (Å²) in [6.45, 7) is 2.96. The average molecular weight is 428 g/mol. The zero-order chi connectivity index (χ0) is 22.2. The molecule has 2 saturated heterocycles. The summed E-state index contributed by atoms with van der Waals surface area (Å²) in [5.41, 5.74) is -0.138. The molecule has 1 aromatic rings. The van der Waals surface area contributed by atoms with Crippen LogP contribution in [0.4, 0.5) is 11.4 Å². The van der Waals surface area contributed by atoms with Crippen molar-refractivity contribution in [1.29, 1.82) is 0 Å². The van der Waals surface area contributed by atoms with Crippen molar-refractivity contribution in [3.05, 3.63) is 35.9 Å². The molecule has 0 aliphatic carbocycles. The largest absolute Gasteiger partial charge is 0.394 e. The zero-order valence-electron chi connectivity index (χ0n) is 17.7. The third-order valence-electron chi connectivity index (χ3n) is 6.68. The first-order valence-electron chi connectivity index (χ1n) is 10.9. The molecule has 0 spiro atoms. The fourth-order valence-electron chi connectivity index (χ4n) is 4.82. The molecule has 3 N–H and O–H groups in total. The molecule has 0 aromatic heterocycles. The van der Waals surface area contributed by atoms with Crippen LogP contribution in [0.5, 0.6) is 0 Å². The van der Waals surface area contributed by atoms with Crippen molar-refractivity contribution in [1.82, 2.24) is 4.90 Å². The number of nitrogens with one attached hydrogen (secondary N) is 1. The zero-order valence-corrected chi connectivity index (χ0v) is 17.7. The second-order valence-electron chi connectivity index (χ2n) is 8.59. The van der Waals surface area contributed by atoms with E-state index in [0.717, 1.165) is 19.3 Å². The molecular formula is C23H29N3O5. The first-order valence-corrected chi connectivity index (χ1v) is 10.9. The molecule has 0 unspecified atom stereocenters. The smallest absolute Gasteiger partial charge is 0.261 e. The second-order valence-corrected chi connectivity index (χ2v) is 8.59. The van der Waals surface area contributed by atoms with Gasteiger partial charge in [0, 0.05) is 48.8 Å². The molecule has 8 heteroatoms. The van der Waals surface area contributed by atoms with Gasteiger partial charge in [-0.3, -0.25) is 14.4 Å². The Morgan fingerprint density at radius 3 is 2.84 bits per heavy atom. The standard InChI is InChI=1S/C23H29N3O5/c1-15(5-2-7-20(28)26-11-3-6-17(26)14-27)23(31)18-13-16(25-12-4-8-21(25)29)9-10-19(18)24-22(23)30/h2,5,9-10,13,15,17,27,31H,3-4,6-8,11-12,14H2,1H3,(H,24,30)/b5-2+/t15-,17-,23+/m0/s1. The molecule has 4 rings (SSSR count). The summed E-state index contributed by atoms with van der Waals surface area (Å²) in [7, 11) is 0. The summed E-state index contributed by atoms with van der Waals surface area (Å²) in [4.78, 5) is 40.7. The number of hydrogen-bond donors (Lipinski definition) is 3. The van der Waals surface area contributed by atoms with Crippen LogP contribution in [-0.2, 0) is 20.0 Å². The summed E-state index contributed by atoms with van der Waals surface area (Å²) in [6.07, 6.45) is 6.49. The first kappa shape index (κ1) is 21.5. The SMILES string of the molecule is C[C@@H](/C=C/CC(=O)N1CCC[C@H]1CO)[C@]1(O)C(=O)Nc2ccc(N3CCCC3=O)cc21. The maximum absolute atomic E-state index is 12.7. The maximum Gasteiger partial charge on any atom is 0.261 e. The van der Waals surface area contributed by atoms with E-state index >= 15 is 0 Å². The van der Waals surface area contributed by atoms with E-state index in [1.165, 1.54) is 0 Å². The van der Waals surface area contributed by atoms with E-state index in [0.29, 0.717) is 36.4 Å². The van der Waals surface area contributed by atoms with Crippen molar-refractivity contribution < 1.29 is 24.6 Å². The van der Waals surface area contributed by atoms with Crippen LogP contribution in [0.1, 0.15) is 44.6 Å². The Morgan fingerprint density at radius 1 is 1.32 bits per heavy atom. The minimum Gasteiger partial charge on any atom is -0.394 e. The number of aliphatic hydroxyl groups excluding tert-OH is 1. The van der Waals surface area contributed by atoms with Gasteiger partial charge >= 0.3 is 0 Å². The predicted molar refractivity (Wildman–Crippen MR) is 115 cm³/mol. The second kappa shape index (κ2) is 8.43. The van der Waals surface area contributed by atoms with Crippen molar-refractivity contribution in [2.45, 2.75) is 50.7 Å². The Bertz CT molecular complexity index is 930. The number of benzene rings is 1. The van der Waals surface area contributed by atoms with Crippen molar-refractivity contribution >= 4 is 29.1 Å². The highest BCUT2D eigenvalue weighted by Gasteiger charge is 2.49. The third kappa shape index (κ3) is 3.74. The molecule has 3 aliphatic heterocycles. The average Bonchev–Trinajstić information content (AvgIpc) is 3.46. The summed E-state index contributed by atoms with van der Waals surface area (Å²) >= 11 is 0. The van der Waals surface area contributed by atoms with Crippen molar-refractivity contribution in [3.63, 3.8) is 0 Å². The van der Waals surface area contributed by atoms with Gasteiger partial charge in [0.15, 0.2) is 5.60 Å². The molecule has 0 radical (unpaired) electrons. The summed E-state index contributed by atoms with van der Waals surface area (Å²) in [5.74, 6) is -1.14. The lowest BCUT2D eigenvalue weighted by Gasteiger charge is -2.27. The topological polar surface area (TPSA) is 110 Å². The lowest BCUT2D eigenvalue weighted by molar-refractivity contribution is -0.137. The number of aliphatic hydroxyl groups is 2. The van der Waals surface area contributed by atoms with Crippen LogP contribution < -0.4 is 10.2 Å². The van der Waals surface area contributed by atoms with Crippen LogP contribution in [0.25, 0.3) is 0 Å². The van der Waals surface area contributed by atoms with Crippen molar-refractivity contribution in [2.75, 3.05) is 29.9 Å². The van der Waals surface area contributed by atoms with Gasteiger partial charge in [0.1, 0.15) is 0 Å². The van der Waals surface area contributed by atoms with Gasteiger partial charge in [0.2, 0.25) is 11.8 Å². The van der Waals surface area contributed by atoms with Crippen LogP contribution in [-0.4, -0.2) is 58.6 Å². The molecule has 3 amide bonds. The summed E-state index contributed by atoms with van der Waals surface area (Å²) in [5, 5.41) is 23.5. The van der Waals surface area contributed by atoms with Gasteiger partial charge in [-0.15, -0.1) is 0 Å². The number of carbonyl (C=O) groups is 3. The highest BCUT2D eigenvalue weighted by atomic mass is 16.3. The van der Waals surface area contributed by atoms with Crippen LogP contribution >= 0.6 is 0 Å². The van der Waals surface area contributed by atoms with E-state index in [2.05, 4.69) is 5.32 Å².